The normalized spacial score (nSPS) is 11.4. The van der Waals surface area contributed by atoms with Crippen LogP contribution in [-0.2, 0) is 15.8 Å². The van der Waals surface area contributed by atoms with Gasteiger partial charge in [0.15, 0.2) is 0 Å². The molecule has 3 nitrogen and oxygen atoms in total. The van der Waals surface area contributed by atoms with E-state index in [0.29, 0.717) is 5.69 Å². The highest BCUT2D eigenvalue weighted by Gasteiger charge is 2.14. The molecule has 0 heterocycles. The number of fused-ring (bicyclic) bond motifs is 1. The average Bonchev–Trinajstić information content (AvgIpc) is 2.73. The fourth-order valence-electron chi connectivity index (χ4n) is 2.90. The molecule has 0 atom stereocenters. The first-order valence-electron chi connectivity index (χ1n) is 8.89. The van der Waals surface area contributed by atoms with Crippen LogP contribution in [0.2, 0.25) is 0 Å². The Morgan fingerprint density at radius 2 is 1.39 bits per heavy atom. The molecule has 0 aliphatic carbocycles. The van der Waals surface area contributed by atoms with Gasteiger partial charge in [-0.15, -0.1) is 11.8 Å². The first-order chi connectivity index (χ1) is 13.6. The summed E-state index contributed by atoms with van der Waals surface area (Å²) in [6, 6.07) is 30.6. The smallest absolute Gasteiger partial charge is 0.261 e. The lowest BCUT2D eigenvalue weighted by molar-refractivity contribution is 0.601. The Labute approximate surface area is 169 Å². The maximum atomic E-state index is 12.7. The number of benzene rings is 4. The molecule has 0 fully saturated rings. The van der Waals surface area contributed by atoms with Crippen LogP contribution in [0.4, 0.5) is 5.69 Å². The second-order valence-corrected chi connectivity index (χ2v) is 9.14. The fourth-order valence-corrected chi connectivity index (χ4v) is 4.87. The van der Waals surface area contributed by atoms with Gasteiger partial charge in [0.05, 0.1) is 4.90 Å². The zero-order valence-corrected chi connectivity index (χ0v) is 16.7. The summed E-state index contributed by atoms with van der Waals surface area (Å²) in [7, 11) is -3.63. The lowest BCUT2D eigenvalue weighted by Crippen LogP contribution is -2.12. The molecule has 1 N–H and O–H groups in total. The van der Waals surface area contributed by atoms with Gasteiger partial charge in [0.2, 0.25) is 0 Å². The molecule has 0 saturated carbocycles. The predicted octanol–water partition coefficient (Wildman–Crippen LogP) is 5.93. The van der Waals surface area contributed by atoms with Crippen LogP contribution < -0.4 is 4.72 Å². The van der Waals surface area contributed by atoms with Gasteiger partial charge in [-0.2, -0.15) is 0 Å². The van der Waals surface area contributed by atoms with Crippen molar-refractivity contribution >= 4 is 38.2 Å². The Balaban J connectivity index is 1.46. The maximum absolute atomic E-state index is 12.7. The molecule has 0 saturated heterocycles. The summed E-state index contributed by atoms with van der Waals surface area (Å²) in [6.07, 6.45) is 0. The zero-order valence-electron chi connectivity index (χ0n) is 15.1. The van der Waals surface area contributed by atoms with Crippen LogP contribution in [0.5, 0.6) is 0 Å². The van der Waals surface area contributed by atoms with Crippen molar-refractivity contribution in [2.24, 2.45) is 0 Å². The summed E-state index contributed by atoms with van der Waals surface area (Å²) in [5, 5.41) is 1.92. The number of anilines is 1. The molecule has 140 valence electrons. The van der Waals surface area contributed by atoms with Gasteiger partial charge >= 0.3 is 0 Å². The predicted molar refractivity (Wildman–Crippen MR) is 117 cm³/mol. The van der Waals surface area contributed by atoms with Crippen LogP contribution in [0.3, 0.4) is 0 Å². The third kappa shape index (κ3) is 4.38. The van der Waals surface area contributed by atoms with Crippen molar-refractivity contribution in [3.8, 4) is 0 Å². The third-order valence-electron chi connectivity index (χ3n) is 4.39. The molecule has 0 aliphatic heterocycles. The summed E-state index contributed by atoms with van der Waals surface area (Å²) in [5.41, 5.74) is 1.70. The Kier molecular flexibility index (Phi) is 5.37. The lowest BCUT2D eigenvalue weighted by Gasteiger charge is -2.10. The van der Waals surface area contributed by atoms with Gasteiger partial charge in [-0.25, -0.2) is 8.42 Å². The van der Waals surface area contributed by atoms with Gasteiger partial charge in [-0.3, -0.25) is 4.72 Å². The molecular weight excluding hydrogens is 386 g/mol. The highest BCUT2D eigenvalue weighted by Crippen LogP contribution is 2.25. The number of hydrogen-bond donors (Lipinski definition) is 1. The largest absolute Gasteiger partial charge is 0.280 e. The van der Waals surface area contributed by atoms with E-state index >= 15 is 0 Å². The molecule has 0 radical (unpaired) electrons. The topological polar surface area (TPSA) is 46.2 Å². The third-order valence-corrected chi connectivity index (χ3v) is 6.85. The van der Waals surface area contributed by atoms with Gasteiger partial charge in [-0.1, -0.05) is 60.7 Å². The van der Waals surface area contributed by atoms with Crippen molar-refractivity contribution in [2.75, 3.05) is 4.72 Å². The van der Waals surface area contributed by atoms with Crippen molar-refractivity contribution in [1.82, 2.24) is 0 Å². The number of hydrogen-bond acceptors (Lipinski definition) is 3. The molecule has 28 heavy (non-hydrogen) atoms. The standard InChI is InChI=1S/C23H19NO2S2/c25-28(26,23-15-12-19-6-4-5-7-20(19)16-23)24-21-13-10-18(11-14-21)17-27-22-8-2-1-3-9-22/h1-16,24H,17H2. The summed E-state index contributed by atoms with van der Waals surface area (Å²) in [5.74, 6) is 0.835. The van der Waals surface area contributed by atoms with Gasteiger partial charge < -0.3 is 0 Å². The number of thioether (sulfide) groups is 1. The second-order valence-electron chi connectivity index (χ2n) is 6.41. The Morgan fingerprint density at radius 3 is 2.14 bits per heavy atom. The van der Waals surface area contributed by atoms with Crippen LogP contribution in [0.25, 0.3) is 10.8 Å². The highest BCUT2D eigenvalue weighted by atomic mass is 32.2. The van der Waals surface area contributed by atoms with Crippen LogP contribution in [0, 0.1) is 0 Å². The Morgan fingerprint density at radius 1 is 0.714 bits per heavy atom. The molecule has 0 amide bonds. The Bertz CT molecular complexity index is 1190. The molecule has 5 heteroatoms. The SMILES string of the molecule is O=S(=O)(Nc1ccc(CSc2ccccc2)cc1)c1ccc2ccccc2c1. The lowest BCUT2D eigenvalue weighted by atomic mass is 10.1. The maximum Gasteiger partial charge on any atom is 0.261 e. The average molecular weight is 406 g/mol. The molecule has 4 rings (SSSR count). The quantitative estimate of drug-likeness (QED) is 0.404. The fraction of sp³-hybridized carbons (Fsp3) is 0.0435. The van der Waals surface area contributed by atoms with Crippen molar-refractivity contribution in [3.05, 3.63) is 103 Å². The summed E-state index contributed by atoms with van der Waals surface area (Å²) in [6.45, 7) is 0. The number of nitrogens with one attached hydrogen (secondary N) is 1. The van der Waals surface area contributed by atoms with Crippen LogP contribution >= 0.6 is 11.8 Å². The van der Waals surface area contributed by atoms with E-state index in [-0.39, 0.29) is 4.90 Å². The van der Waals surface area contributed by atoms with Gasteiger partial charge in [0, 0.05) is 16.3 Å². The highest BCUT2D eigenvalue weighted by molar-refractivity contribution is 7.98. The minimum Gasteiger partial charge on any atom is -0.280 e. The van der Waals surface area contributed by atoms with Crippen molar-refractivity contribution in [1.29, 1.82) is 0 Å². The monoisotopic (exact) mass is 405 g/mol. The number of sulfonamides is 1. The Hall–Kier alpha value is -2.76. The molecule has 0 aromatic heterocycles. The molecule has 0 unspecified atom stereocenters. The van der Waals surface area contributed by atoms with Crippen LogP contribution in [-0.4, -0.2) is 8.42 Å². The first kappa shape index (κ1) is 18.6. The van der Waals surface area contributed by atoms with Gasteiger partial charge in [-0.05, 0) is 52.7 Å². The van der Waals surface area contributed by atoms with Gasteiger partial charge in [0.1, 0.15) is 0 Å². The minimum atomic E-state index is -3.63. The minimum absolute atomic E-state index is 0.259. The molecule has 4 aromatic rings. The van der Waals surface area contributed by atoms with E-state index in [1.54, 1.807) is 36.0 Å². The zero-order chi connectivity index (χ0) is 19.4. The van der Waals surface area contributed by atoms with Crippen molar-refractivity contribution in [3.63, 3.8) is 0 Å². The van der Waals surface area contributed by atoms with E-state index in [1.165, 1.54) is 4.90 Å². The van der Waals surface area contributed by atoms with Gasteiger partial charge in [0.25, 0.3) is 10.0 Å². The molecule has 0 aliphatic rings. The summed E-state index contributed by atoms with van der Waals surface area (Å²) in [4.78, 5) is 1.47. The van der Waals surface area contributed by atoms with Crippen LogP contribution in [0.1, 0.15) is 5.56 Å². The van der Waals surface area contributed by atoms with E-state index in [2.05, 4.69) is 16.9 Å². The number of rotatable bonds is 6. The summed E-state index contributed by atoms with van der Waals surface area (Å²) >= 11 is 1.75. The van der Waals surface area contributed by atoms with E-state index in [9.17, 15) is 8.42 Å². The summed E-state index contributed by atoms with van der Waals surface area (Å²) < 4.78 is 28.1. The van der Waals surface area contributed by atoms with Crippen molar-refractivity contribution in [2.45, 2.75) is 15.5 Å². The van der Waals surface area contributed by atoms with Crippen LogP contribution in [0.15, 0.2) is 107 Å². The molecular formula is C23H19NO2S2. The van der Waals surface area contributed by atoms with E-state index in [0.717, 1.165) is 22.1 Å². The van der Waals surface area contributed by atoms with E-state index < -0.39 is 10.0 Å². The molecule has 4 aromatic carbocycles. The van der Waals surface area contributed by atoms with Crippen molar-refractivity contribution < 1.29 is 8.42 Å². The van der Waals surface area contributed by atoms with E-state index in [1.807, 2.05) is 60.7 Å². The first-order valence-corrected chi connectivity index (χ1v) is 11.4. The molecule has 0 spiro atoms. The second kappa shape index (κ2) is 8.09. The van der Waals surface area contributed by atoms with E-state index in [4.69, 9.17) is 0 Å². The molecule has 0 bridgehead atoms.